The van der Waals surface area contributed by atoms with Crippen LogP contribution in [0.4, 0.5) is 10.8 Å². The highest BCUT2D eigenvalue weighted by Gasteiger charge is 2.12. The van der Waals surface area contributed by atoms with Gasteiger partial charge in [-0.05, 0) is 42.0 Å². The van der Waals surface area contributed by atoms with Crippen LogP contribution in [0.2, 0.25) is 0 Å². The summed E-state index contributed by atoms with van der Waals surface area (Å²) in [6, 6.07) is 15.1. The highest BCUT2D eigenvalue weighted by Crippen LogP contribution is 2.27. The minimum absolute atomic E-state index is 0.392. The summed E-state index contributed by atoms with van der Waals surface area (Å²) in [5.74, 6) is 0.691. The number of nitrogens with one attached hydrogen (secondary N) is 1. The molecule has 7 nitrogen and oxygen atoms in total. The van der Waals surface area contributed by atoms with Gasteiger partial charge in [0.05, 0.1) is 24.6 Å². The molecule has 2 aromatic carbocycles. The molecule has 0 unspecified atom stereocenters. The van der Waals surface area contributed by atoms with Gasteiger partial charge in [-0.25, -0.2) is 9.78 Å². The summed E-state index contributed by atoms with van der Waals surface area (Å²) >= 11 is 1.36. The Morgan fingerprint density at radius 2 is 1.97 bits per heavy atom. The quantitative estimate of drug-likeness (QED) is 0.282. The topological polar surface area (TPSA) is 80.0 Å². The van der Waals surface area contributed by atoms with Crippen LogP contribution in [0.5, 0.6) is 5.75 Å². The second kappa shape index (κ2) is 8.38. The second-order valence-electron chi connectivity index (χ2n) is 6.75. The fraction of sp³-hybridized carbons (Fsp3) is 0.136. The van der Waals surface area contributed by atoms with Crippen LogP contribution in [0, 0.1) is 0 Å². The molecule has 0 aliphatic heterocycles. The van der Waals surface area contributed by atoms with Gasteiger partial charge in [-0.1, -0.05) is 12.1 Å². The molecule has 0 aliphatic carbocycles. The van der Waals surface area contributed by atoms with Gasteiger partial charge >= 0.3 is 5.63 Å². The summed E-state index contributed by atoms with van der Waals surface area (Å²) in [5, 5.41) is 7.37. The van der Waals surface area contributed by atoms with E-state index in [0.29, 0.717) is 27.7 Å². The maximum absolute atomic E-state index is 12.4. The van der Waals surface area contributed by atoms with Gasteiger partial charge < -0.3 is 14.1 Å². The number of rotatable bonds is 6. The number of anilines is 2. The Kier molecular flexibility index (Phi) is 5.49. The zero-order valence-electron chi connectivity index (χ0n) is 16.7. The summed E-state index contributed by atoms with van der Waals surface area (Å²) in [5.41, 5.74) is 5.99. The van der Waals surface area contributed by atoms with Crippen LogP contribution in [0.1, 0.15) is 5.56 Å². The van der Waals surface area contributed by atoms with Crippen molar-refractivity contribution in [1.29, 1.82) is 0 Å². The van der Waals surface area contributed by atoms with E-state index in [1.54, 1.807) is 36.9 Å². The molecule has 4 rings (SSSR count). The normalized spacial score (nSPS) is 11.2. The van der Waals surface area contributed by atoms with Crippen molar-refractivity contribution in [3.63, 3.8) is 0 Å². The van der Waals surface area contributed by atoms with Gasteiger partial charge in [-0.2, -0.15) is 5.10 Å². The fourth-order valence-electron chi connectivity index (χ4n) is 2.88. The largest absolute Gasteiger partial charge is 0.497 e. The van der Waals surface area contributed by atoms with E-state index in [1.807, 2.05) is 49.3 Å². The smallest absolute Gasteiger partial charge is 0.345 e. The summed E-state index contributed by atoms with van der Waals surface area (Å²) in [7, 11) is 5.59. The molecular weight excluding hydrogens is 400 g/mol. The molecular formula is C22H20N4O3S. The monoisotopic (exact) mass is 420 g/mol. The Morgan fingerprint density at radius 3 is 2.70 bits per heavy atom. The summed E-state index contributed by atoms with van der Waals surface area (Å²) in [4.78, 5) is 18.9. The zero-order chi connectivity index (χ0) is 21.1. The van der Waals surface area contributed by atoms with E-state index in [0.717, 1.165) is 16.6 Å². The number of thiazole rings is 1. The maximum Gasteiger partial charge on any atom is 0.345 e. The van der Waals surface area contributed by atoms with E-state index >= 15 is 0 Å². The Hall–Kier alpha value is -3.65. The van der Waals surface area contributed by atoms with Gasteiger partial charge in [0.2, 0.25) is 5.13 Å². The first-order chi connectivity index (χ1) is 14.5. The predicted molar refractivity (Wildman–Crippen MR) is 122 cm³/mol. The van der Waals surface area contributed by atoms with Crippen molar-refractivity contribution in [2.75, 3.05) is 31.5 Å². The summed E-state index contributed by atoms with van der Waals surface area (Å²) < 4.78 is 10.7. The lowest BCUT2D eigenvalue weighted by Gasteiger charge is -2.11. The molecule has 8 heteroatoms. The summed E-state index contributed by atoms with van der Waals surface area (Å²) in [6.07, 6.45) is 1.72. The molecule has 1 N–H and O–H groups in total. The van der Waals surface area contributed by atoms with Crippen molar-refractivity contribution in [2.45, 2.75) is 0 Å². The van der Waals surface area contributed by atoms with E-state index < -0.39 is 5.63 Å². The predicted octanol–water partition coefficient (Wildman–Crippen LogP) is 4.44. The molecule has 152 valence electrons. The van der Waals surface area contributed by atoms with Crippen molar-refractivity contribution in [2.24, 2.45) is 5.10 Å². The van der Waals surface area contributed by atoms with Crippen molar-refractivity contribution in [1.82, 2.24) is 4.98 Å². The third kappa shape index (κ3) is 4.18. The Bertz CT molecular complexity index is 1260. The third-order valence-corrected chi connectivity index (χ3v) is 5.25. The van der Waals surface area contributed by atoms with Gasteiger partial charge in [-0.15, -0.1) is 11.3 Å². The first-order valence-electron chi connectivity index (χ1n) is 9.18. The SMILES string of the molecule is COc1ccc2oc(=O)c(-c3csc(N/N=C\c4ccc(N(C)C)cc4)n3)cc2c1. The van der Waals surface area contributed by atoms with Crippen molar-refractivity contribution in [3.8, 4) is 17.0 Å². The lowest BCUT2D eigenvalue weighted by Crippen LogP contribution is -2.08. The van der Waals surface area contributed by atoms with Crippen LogP contribution in [-0.4, -0.2) is 32.4 Å². The number of fused-ring (bicyclic) bond motifs is 1. The average Bonchev–Trinajstić information content (AvgIpc) is 3.22. The number of hydrogen-bond donors (Lipinski definition) is 1. The van der Waals surface area contributed by atoms with Crippen LogP contribution >= 0.6 is 11.3 Å². The lowest BCUT2D eigenvalue weighted by molar-refractivity contribution is 0.415. The van der Waals surface area contributed by atoms with E-state index in [4.69, 9.17) is 9.15 Å². The Labute approximate surface area is 177 Å². The minimum Gasteiger partial charge on any atom is -0.497 e. The molecule has 0 aliphatic rings. The van der Waals surface area contributed by atoms with Gasteiger partial charge in [0.25, 0.3) is 0 Å². The molecule has 0 saturated carbocycles. The highest BCUT2D eigenvalue weighted by molar-refractivity contribution is 7.14. The van der Waals surface area contributed by atoms with Crippen LogP contribution in [0.3, 0.4) is 0 Å². The summed E-state index contributed by atoms with van der Waals surface area (Å²) in [6.45, 7) is 0. The number of methoxy groups -OCH3 is 1. The molecule has 0 spiro atoms. The Balaban J connectivity index is 1.52. The molecule has 30 heavy (non-hydrogen) atoms. The van der Waals surface area contributed by atoms with Crippen LogP contribution in [0.15, 0.2) is 68.2 Å². The lowest BCUT2D eigenvalue weighted by atomic mass is 10.1. The van der Waals surface area contributed by atoms with Crippen LogP contribution in [-0.2, 0) is 0 Å². The number of hydrogen-bond acceptors (Lipinski definition) is 8. The van der Waals surface area contributed by atoms with Crippen molar-refractivity contribution >= 4 is 39.3 Å². The van der Waals surface area contributed by atoms with Gasteiger partial charge in [0, 0.05) is 30.5 Å². The molecule has 0 amide bonds. The number of aromatic nitrogens is 1. The third-order valence-electron chi connectivity index (χ3n) is 4.50. The molecule has 0 radical (unpaired) electrons. The van der Waals surface area contributed by atoms with Gasteiger partial charge in [0.1, 0.15) is 11.3 Å². The van der Waals surface area contributed by atoms with E-state index in [1.165, 1.54) is 11.3 Å². The Morgan fingerprint density at radius 1 is 1.17 bits per heavy atom. The van der Waals surface area contributed by atoms with Crippen molar-refractivity contribution < 1.29 is 9.15 Å². The zero-order valence-corrected chi connectivity index (χ0v) is 17.6. The first kappa shape index (κ1) is 19.7. The van der Waals surface area contributed by atoms with E-state index in [-0.39, 0.29) is 0 Å². The second-order valence-corrected chi connectivity index (χ2v) is 7.60. The fourth-order valence-corrected chi connectivity index (χ4v) is 3.54. The molecule has 4 aromatic rings. The number of hydrazone groups is 1. The van der Waals surface area contributed by atoms with Crippen LogP contribution < -0.4 is 20.7 Å². The highest BCUT2D eigenvalue weighted by atomic mass is 32.1. The molecule has 0 atom stereocenters. The van der Waals surface area contributed by atoms with Gasteiger partial charge in [0.15, 0.2) is 0 Å². The van der Waals surface area contributed by atoms with E-state index in [2.05, 4.69) is 15.5 Å². The molecule has 2 heterocycles. The molecule has 2 aromatic heterocycles. The van der Waals surface area contributed by atoms with Crippen molar-refractivity contribution in [3.05, 3.63) is 69.9 Å². The number of nitrogens with zero attached hydrogens (tertiary/aromatic N) is 3. The maximum atomic E-state index is 12.4. The average molecular weight is 420 g/mol. The minimum atomic E-state index is -0.436. The van der Waals surface area contributed by atoms with Crippen LogP contribution in [0.25, 0.3) is 22.2 Å². The molecule has 0 fully saturated rings. The van der Waals surface area contributed by atoms with E-state index in [9.17, 15) is 4.79 Å². The van der Waals surface area contributed by atoms with Gasteiger partial charge in [-0.3, -0.25) is 5.43 Å². The standard InChI is InChI=1S/C22H20N4O3S/c1-26(2)16-6-4-14(5-7-16)12-23-25-22-24-19(13-30-22)18-11-15-10-17(28-3)8-9-20(15)29-21(18)27/h4-13H,1-3H3,(H,24,25)/b23-12-. The number of benzene rings is 2. The number of ether oxygens (including phenoxy) is 1. The molecule has 0 bridgehead atoms. The first-order valence-corrected chi connectivity index (χ1v) is 10.1. The molecule has 0 saturated heterocycles.